The minimum atomic E-state index is 0.158. The van der Waals surface area contributed by atoms with Gasteiger partial charge in [-0.3, -0.25) is 4.79 Å². The van der Waals surface area contributed by atoms with Crippen LogP contribution in [0.5, 0.6) is 0 Å². The largest absolute Gasteiger partial charge is 0.353 e. The third-order valence-electron chi connectivity index (χ3n) is 1.46. The molecular weight excluding hydrogens is 209 g/mol. The average molecular weight is 222 g/mol. The third-order valence-corrected chi connectivity index (χ3v) is 4.50. The van der Waals surface area contributed by atoms with Gasteiger partial charge < -0.3 is 5.32 Å². The lowest BCUT2D eigenvalue weighted by Crippen LogP contribution is -2.21. The van der Waals surface area contributed by atoms with Gasteiger partial charge in [0.2, 0.25) is 10.1 Å². The quantitative estimate of drug-likeness (QED) is 0.430. The fourth-order valence-electron chi connectivity index (χ4n) is 0.915. The number of rotatable bonds is 4. The van der Waals surface area contributed by atoms with Crippen LogP contribution in [-0.4, -0.2) is 27.9 Å². The van der Waals surface area contributed by atoms with Gasteiger partial charge in [0.1, 0.15) is 0 Å². The minimum absolute atomic E-state index is 0.158. The highest BCUT2D eigenvalue weighted by atomic mass is 32.2. The fourth-order valence-corrected chi connectivity index (χ4v) is 3.59. The third kappa shape index (κ3) is 3.83. The lowest BCUT2D eigenvalue weighted by molar-refractivity contribution is -0.120. The van der Waals surface area contributed by atoms with Gasteiger partial charge >= 0.3 is 0 Å². The van der Waals surface area contributed by atoms with E-state index >= 15 is 0 Å². The summed E-state index contributed by atoms with van der Waals surface area (Å²) in [7, 11) is 2.48. The summed E-state index contributed by atoms with van der Waals surface area (Å²) < 4.78 is 1.42. The molecule has 1 N–H and O–H groups in total. The van der Waals surface area contributed by atoms with Crippen molar-refractivity contribution in [1.82, 2.24) is 5.32 Å². The Hall–Kier alpha value is 0.340. The summed E-state index contributed by atoms with van der Waals surface area (Å²) >= 11 is 3.79. The summed E-state index contributed by atoms with van der Waals surface area (Å²) in [5.74, 6) is 2.59. The second-order valence-corrected chi connectivity index (χ2v) is 5.42. The molecule has 1 heterocycles. The van der Waals surface area contributed by atoms with Crippen LogP contribution in [-0.2, 0) is 16.1 Å². The molecule has 0 radical (unpaired) electrons. The maximum Gasteiger partial charge on any atom is 0.235 e. The fraction of sp³-hybridized carbons (Fsp3) is 0.714. The highest BCUT2D eigenvalue weighted by Gasteiger charge is 2.19. The molecule has 68 valence electrons. The van der Waals surface area contributed by atoms with Crippen LogP contribution in [0.4, 0.5) is 0 Å². The van der Waals surface area contributed by atoms with E-state index in [1.807, 2.05) is 23.1 Å². The molecule has 1 atom stereocenters. The first-order valence-electron chi connectivity index (χ1n) is 3.91. The van der Waals surface area contributed by atoms with Crippen molar-refractivity contribution in [3.63, 3.8) is 0 Å². The number of nitrogens with one attached hydrogen (secondary N) is 1. The zero-order valence-corrected chi connectivity index (χ0v) is 9.63. The molecule has 1 rings (SSSR count). The molecule has 5 heteroatoms. The van der Waals surface area contributed by atoms with Gasteiger partial charge in [0.15, 0.2) is 17.1 Å². The lowest BCUT2D eigenvalue weighted by atomic mass is 10.3. The van der Waals surface area contributed by atoms with Gasteiger partial charge in [-0.05, 0) is 0 Å². The number of hydrogen-bond acceptors (Lipinski definition) is 2. The maximum atomic E-state index is 11.0. The van der Waals surface area contributed by atoms with E-state index in [-0.39, 0.29) is 5.91 Å². The summed E-state index contributed by atoms with van der Waals surface area (Å²) in [6.45, 7) is 0. The molecule has 0 bridgehead atoms. The molecule has 0 aromatic rings. The molecule has 0 aromatic heterocycles. The van der Waals surface area contributed by atoms with E-state index in [1.165, 1.54) is 15.7 Å². The summed E-state index contributed by atoms with van der Waals surface area (Å²) in [5.41, 5.74) is 0. The maximum absolute atomic E-state index is 11.0. The van der Waals surface area contributed by atoms with Gasteiger partial charge in [-0.1, -0.05) is 11.8 Å². The van der Waals surface area contributed by atoms with E-state index in [9.17, 15) is 4.79 Å². The number of thioether (sulfide) groups is 1. The Balaban J connectivity index is 2.12. The van der Waals surface area contributed by atoms with Gasteiger partial charge in [0.05, 0.1) is 5.75 Å². The molecule has 2 nitrogen and oxygen atoms in total. The minimum Gasteiger partial charge on any atom is -0.353 e. The van der Waals surface area contributed by atoms with Crippen LogP contribution in [0.15, 0.2) is 0 Å². The standard InChI is InChI=1S/C7H12NOPS2/c9-6(8-5-10)1-2-7-11-3-4-12-7/h1-5,10H2/p+1. The molecule has 0 spiro atoms. The molecule has 0 fully saturated rings. The molecule has 0 saturated heterocycles. The van der Waals surface area contributed by atoms with Crippen LogP contribution < -0.4 is 5.32 Å². The first-order valence-corrected chi connectivity index (χ1v) is 6.70. The Morgan fingerprint density at radius 1 is 1.75 bits per heavy atom. The second-order valence-electron chi connectivity index (χ2n) is 2.37. The van der Waals surface area contributed by atoms with E-state index < -0.39 is 0 Å². The van der Waals surface area contributed by atoms with Gasteiger partial charge in [-0.15, -0.1) is 9.24 Å². The van der Waals surface area contributed by atoms with Gasteiger partial charge in [0, 0.05) is 19.1 Å². The lowest BCUT2D eigenvalue weighted by Gasteiger charge is -1.97. The SMILES string of the molecule is O=C(CCC1=[S+]CCS1)NCP. The van der Waals surface area contributed by atoms with Crippen LogP contribution in [0.25, 0.3) is 0 Å². The predicted octanol–water partition coefficient (Wildman–Crippen LogP) is 0.675. The number of hydrogen-bond donors (Lipinski definition) is 1. The second kappa shape index (κ2) is 5.90. The predicted molar refractivity (Wildman–Crippen MR) is 61.7 cm³/mol. The van der Waals surface area contributed by atoms with Gasteiger partial charge in [-0.25, -0.2) is 0 Å². The van der Waals surface area contributed by atoms with Crippen molar-refractivity contribution in [2.75, 3.05) is 17.8 Å². The highest BCUT2D eigenvalue weighted by molar-refractivity contribution is 8.24. The zero-order valence-electron chi connectivity index (χ0n) is 6.84. The van der Waals surface area contributed by atoms with E-state index in [4.69, 9.17) is 0 Å². The molecule has 0 aliphatic carbocycles. The van der Waals surface area contributed by atoms with Crippen LogP contribution >= 0.6 is 21.0 Å². The summed E-state index contributed by atoms with van der Waals surface area (Å²) in [5, 5.41) is 2.76. The Morgan fingerprint density at radius 2 is 2.58 bits per heavy atom. The summed E-state index contributed by atoms with van der Waals surface area (Å²) in [6, 6.07) is 0. The van der Waals surface area contributed by atoms with Crippen molar-refractivity contribution in [2.24, 2.45) is 0 Å². The molecular formula is C7H13NOPS2+. The Morgan fingerprint density at radius 3 is 3.17 bits per heavy atom. The van der Waals surface area contributed by atoms with E-state index in [1.54, 1.807) is 0 Å². The molecule has 12 heavy (non-hydrogen) atoms. The molecule has 1 aliphatic heterocycles. The van der Waals surface area contributed by atoms with Crippen molar-refractivity contribution in [3.05, 3.63) is 0 Å². The Bertz CT molecular complexity index is 196. The number of carbonyl (C=O) groups excluding carboxylic acids is 1. The van der Waals surface area contributed by atoms with Crippen molar-refractivity contribution < 1.29 is 4.79 Å². The topological polar surface area (TPSA) is 29.1 Å². The van der Waals surface area contributed by atoms with Crippen LogP contribution in [0.2, 0.25) is 0 Å². The number of amides is 1. The Kier molecular flexibility index (Phi) is 5.12. The van der Waals surface area contributed by atoms with E-state index in [0.717, 1.165) is 6.42 Å². The smallest absolute Gasteiger partial charge is 0.235 e. The van der Waals surface area contributed by atoms with Crippen LogP contribution in [0.1, 0.15) is 12.8 Å². The van der Waals surface area contributed by atoms with Crippen LogP contribution in [0.3, 0.4) is 0 Å². The number of carbonyl (C=O) groups is 1. The van der Waals surface area contributed by atoms with Gasteiger partial charge in [-0.2, -0.15) is 0 Å². The van der Waals surface area contributed by atoms with Crippen LogP contribution in [0, 0.1) is 0 Å². The molecule has 1 amide bonds. The molecule has 1 unspecified atom stereocenters. The zero-order chi connectivity index (χ0) is 8.81. The summed E-state index contributed by atoms with van der Waals surface area (Å²) in [6.07, 6.45) is 2.24. The van der Waals surface area contributed by atoms with Crippen molar-refractivity contribution in [2.45, 2.75) is 12.8 Å². The average Bonchev–Trinajstić information content (AvgIpc) is 2.53. The monoisotopic (exact) mass is 222 g/mol. The first-order chi connectivity index (χ1) is 5.83. The van der Waals surface area contributed by atoms with Gasteiger partial charge in [0.25, 0.3) is 0 Å². The van der Waals surface area contributed by atoms with Crippen molar-refractivity contribution in [1.29, 1.82) is 0 Å². The molecule has 1 aliphatic rings. The molecule has 0 aromatic carbocycles. The van der Waals surface area contributed by atoms with Crippen molar-refractivity contribution in [3.8, 4) is 0 Å². The highest BCUT2D eigenvalue weighted by Crippen LogP contribution is 2.13. The molecule has 0 saturated carbocycles. The summed E-state index contributed by atoms with van der Waals surface area (Å²) in [4.78, 5) is 11.0. The Labute approximate surface area is 83.4 Å². The first kappa shape index (κ1) is 10.4. The van der Waals surface area contributed by atoms with E-state index in [0.29, 0.717) is 12.7 Å². The van der Waals surface area contributed by atoms with Crippen molar-refractivity contribution >= 4 is 42.5 Å². The normalized spacial score (nSPS) is 15.9. The van der Waals surface area contributed by atoms with E-state index in [2.05, 4.69) is 14.6 Å².